The molecular weight excluding hydrogens is 388 g/mol. The quantitative estimate of drug-likeness (QED) is 0.575. The summed E-state index contributed by atoms with van der Waals surface area (Å²) in [6.45, 7) is 15.3. The molecule has 0 amide bonds. The minimum Gasteiger partial charge on any atom is -0.345 e. The third kappa shape index (κ3) is 3.61. The Morgan fingerprint density at radius 1 is 1.11 bits per heavy atom. The molecule has 2 aliphatic rings. The van der Waals surface area contributed by atoms with Crippen molar-refractivity contribution in [3.05, 3.63) is 75.4 Å². The highest BCUT2D eigenvalue weighted by Crippen LogP contribution is 2.46. The second-order valence-corrected chi connectivity index (χ2v) is 8.87. The van der Waals surface area contributed by atoms with Crippen molar-refractivity contribution in [1.29, 1.82) is 0 Å². The molecule has 0 saturated carbocycles. The number of nitrogens with one attached hydrogen (secondary N) is 1. The standard InChI is InChI=1S/C22H19ClN4S/c1-24-19-11-16-13-22(6-8-28-9-7-22)21(27-18(16)12-20(19)25-2)26-14-15-4-3-5-17(23)10-15/h3-5,10-12H,6-9,13-14H2,(H,26,27). The summed E-state index contributed by atoms with van der Waals surface area (Å²) in [4.78, 5) is 12.0. The minimum atomic E-state index is -0.0181. The van der Waals surface area contributed by atoms with Crippen LogP contribution >= 0.6 is 23.4 Å². The fraction of sp³-hybridized carbons (Fsp3) is 0.318. The molecule has 0 unspecified atom stereocenters. The maximum absolute atomic E-state index is 7.38. The van der Waals surface area contributed by atoms with E-state index in [4.69, 9.17) is 29.7 Å². The zero-order valence-electron chi connectivity index (χ0n) is 15.3. The van der Waals surface area contributed by atoms with Gasteiger partial charge in [0.05, 0.1) is 19.7 Å². The van der Waals surface area contributed by atoms with Crippen molar-refractivity contribution in [2.75, 3.05) is 16.8 Å². The Balaban J connectivity index is 1.73. The van der Waals surface area contributed by atoms with E-state index < -0.39 is 0 Å². The highest BCUT2D eigenvalue weighted by Gasteiger charge is 2.41. The van der Waals surface area contributed by atoms with E-state index in [0.717, 1.165) is 58.4 Å². The number of rotatable bonds is 2. The number of halogens is 1. The minimum absolute atomic E-state index is 0.0181. The summed E-state index contributed by atoms with van der Waals surface area (Å²) >= 11 is 8.11. The van der Waals surface area contributed by atoms with Crippen LogP contribution in [0.15, 0.2) is 41.4 Å². The summed E-state index contributed by atoms with van der Waals surface area (Å²) in [5.41, 5.74) is 3.92. The molecule has 0 atom stereocenters. The van der Waals surface area contributed by atoms with Crippen LogP contribution in [0.3, 0.4) is 0 Å². The molecule has 0 bridgehead atoms. The van der Waals surface area contributed by atoms with Crippen molar-refractivity contribution < 1.29 is 0 Å². The molecule has 1 saturated heterocycles. The smallest absolute Gasteiger partial charge is 0.196 e. The molecule has 4 nitrogen and oxygen atoms in total. The van der Waals surface area contributed by atoms with Gasteiger partial charge >= 0.3 is 0 Å². The first-order chi connectivity index (χ1) is 13.6. The Morgan fingerprint density at radius 3 is 2.57 bits per heavy atom. The predicted molar refractivity (Wildman–Crippen MR) is 118 cm³/mol. The number of anilines is 1. The van der Waals surface area contributed by atoms with Crippen molar-refractivity contribution in [3.63, 3.8) is 0 Å². The number of hydrogen-bond acceptors (Lipinski definition) is 2. The summed E-state index contributed by atoms with van der Waals surface area (Å²) in [7, 11) is 0. The number of aliphatic imine (C=N–C) groups is 1. The molecule has 4 rings (SSSR count). The number of hydrogen-bond donors (Lipinski definition) is 1. The monoisotopic (exact) mass is 406 g/mol. The van der Waals surface area contributed by atoms with Gasteiger partial charge in [-0.2, -0.15) is 11.8 Å². The van der Waals surface area contributed by atoms with Crippen LogP contribution in [-0.2, 0) is 13.0 Å². The van der Waals surface area contributed by atoms with E-state index in [2.05, 4.69) is 15.0 Å². The maximum atomic E-state index is 7.38. The van der Waals surface area contributed by atoms with Crippen LogP contribution in [-0.4, -0.2) is 17.3 Å². The van der Waals surface area contributed by atoms with E-state index in [1.165, 1.54) is 0 Å². The fourth-order valence-corrected chi connectivity index (χ4v) is 5.45. The van der Waals surface area contributed by atoms with E-state index in [0.29, 0.717) is 17.9 Å². The van der Waals surface area contributed by atoms with Crippen LogP contribution in [0.4, 0.5) is 17.1 Å². The van der Waals surface area contributed by atoms with Crippen LogP contribution in [0.2, 0.25) is 5.02 Å². The Kier molecular flexibility index (Phi) is 5.31. The Hall–Kier alpha value is -2.47. The molecular formula is C22H19ClN4S. The number of nitrogens with zero attached hydrogens (tertiary/aromatic N) is 3. The molecule has 2 heterocycles. The van der Waals surface area contributed by atoms with Gasteiger partial charge < -0.3 is 5.32 Å². The SMILES string of the molecule is [C-]#[N+]c1cc2c(cc1[N+]#[C-])NC(=NCc1cccc(Cl)c1)C1(CCSCC1)C2. The van der Waals surface area contributed by atoms with E-state index in [9.17, 15) is 0 Å². The number of benzene rings is 2. The summed E-state index contributed by atoms with van der Waals surface area (Å²) in [6, 6.07) is 11.5. The number of amidine groups is 1. The van der Waals surface area contributed by atoms with Crippen molar-refractivity contribution in [2.24, 2.45) is 10.4 Å². The lowest BCUT2D eigenvalue weighted by Crippen LogP contribution is -2.44. The third-order valence-electron chi connectivity index (χ3n) is 5.48. The molecule has 28 heavy (non-hydrogen) atoms. The van der Waals surface area contributed by atoms with Gasteiger partial charge in [-0.25, -0.2) is 0 Å². The van der Waals surface area contributed by atoms with E-state index in [1.807, 2.05) is 42.1 Å². The van der Waals surface area contributed by atoms with Gasteiger partial charge in [-0.1, -0.05) is 29.8 Å². The topological polar surface area (TPSA) is 33.1 Å². The number of fused-ring (bicyclic) bond motifs is 1. The van der Waals surface area contributed by atoms with Gasteiger partial charge in [-0.15, -0.1) is 0 Å². The first kappa shape index (κ1) is 18.9. The molecule has 0 radical (unpaired) electrons. The zero-order valence-corrected chi connectivity index (χ0v) is 16.9. The second-order valence-electron chi connectivity index (χ2n) is 7.21. The number of thioether (sulfide) groups is 1. The van der Waals surface area contributed by atoms with Crippen molar-refractivity contribution in [2.45, 2.75) is 25.8 Å². The lowest BCUT2D eigenvalue weighted by atomic mass is 9.72. The highest BCUT2D eigenvalue weighted by molar-refractivity contribution is 7.99. The Labute approximate surface area is 174 Å². The summed E-state index contributed by atoms with van der Waals surface area (Å²) in [6.07, 6.45) is 3.00. The fourth-order valence-electron chi connectivity index (χ4n) is 3.96. The molecule has 2 aliphatic heterocycles. The summed E-state index contributed by atoms with van der Waals surface area (Å²) in [5.74, 6) is 3.23. The summed E-state index contributed by atoms with van der Waals surface area (Å²) < 4.78 is 0. The van der Waals surface area contributed by atoms with Crippen molar-refractivity contribution in [3.8, 4) is 0 Å². The Bertz CT molecular complexity index is 1030. The lowest BCUT2D eigenvalue weighted by molar-refractivity contribution is 0.377. The molecule has 0 aliphatic carbocycles. The van der Waals surface area contributed by atoms with Gasteiger partial charge in [0.1, 0.15) is 5.84 Å². The van der Waals surface area contributed by atoms with Crippen molar-refractivity contribution >= 4 is 46.3 Å². The van der Waals surface area contributed by atoms with Gasteiger partial charge in [0, 0.05) is 16.1 Å². The van der Waals surface area contributed by atoms with Crippen LogP contribution in [0.25, 0.3) is 9.69 Å². The van der Waals surface area contributed by atoms with Gasteiger partial charge in [-0.05, 0) is 60.1 Å². The lowest BCUT2D eigenvalue weighted by Gasteiger charge is -2.42. The zero-order chi connectivity index (χ0) is 19.6. The van der Waals surface area contributed by atoms with Crippen LogP contribution in [0, 0.1) is 18.6 Å². The average molecular weight is 407 g/mol. The molecule has 2 aromatic carbocycles. The van der Waals surface area contributed by atoms with Crippen LogP contribution in [0.1, 0.15) is 24.0 Å². The Morgan fingerprint density at radius 2 is 1.86 bits per heavy atom. The van der Waals surface area contributed by atoms with Gasteiger partial charge in [0.25, 0.3) is 0 Å². The molecule has 0 aromatic heterocycles. The van der Waals surface area contributed by atoms with Crippen molar-refractivity contribution in [1.82, 2.24) is 0 Å². The van der Waals surface area contributed by atoms with Gasteiger partial charge in [0.2, 0.25) is 0 Å². The van der Waals surface area contributed by atoms with E-state index in [1.54, 1.807) is 6.07 Å². The maximum Gasteiger partial charge on any atom is 0.196 e. The first-order valence-corrected chi connectivity index (χ1v) is 10.7. The van der Waals surface area contributed by atoms with Crippen LogP contribution < -0.4 is 5.32 Å². The normalized spacial score (nSPS) is 18.8. The van der Waals surface area contributed by atoms with Gasteiger partial charge in [0.15, 0.2) is 11.4 Å². The molecule has 140 valence electrons. The largest absolute Gasteiger partial charge is 0.345 e. The molecule has 1 fully saturated rings. The third-order valence-corrected chi connectivity index (χ3v) is 6.70. The highest BCUT2D eigenvalue weighted by atomic mass is 35.5. The molecule has 2 aromatic rings. The van der Waals surface area contributed by atoms with E-state index in [-0.39, 0.29) is 5.41 Å². The first-order valence-electron chi connectivity index (χ1n) is 9.19. The summed E-state index contributed by atoms with van der Waals surface area (Å²) in [5, 5.41) is 4.25. The average Bonchev–Trinajstić information content (AvgIpc) is 2.72. The van der Waals surface area contributed by atoms with Gasteiger partial charge in [-0.3, -0.25) is 14.7 Å². The predicted octanol–water partition coefficient (Wildman–Crippen LogP) is 6.52. The molecule has 6 heteroatoms. The van der Waals surface area contributed by atoms with E-state index >= 15 is 0 Å². The second kappa shape index (κ2) is 7.87. The molecule has 1 spiro atoms. The molecule has 1 N–H and O–H groups in total. The van der Waals surface area contributed by atoms with Crippen LogP contribution in [0.5, 0.6) is 0 Å².